The third kappa shape index (κ3) is 7.30. The molecule has 6 nitrogen and oxygen atoms in total. The Morgan fingerprint density at radius 2 is 1.79 bits per heavy atom. The summed E-state index contributed by atoms with van der Waals surface area (Å²) in [4.78, 5) is 37.6. The van der Waals surface area contributed by atoms with Crippen molar-refractivity contribution in [2.75, 3.05) is 7.05 Å². The minimum absolute atomic E-state index is 0.00665. The molecule has 0 saturated carbocycles. The van der Waals surface area contributed by atoms with E-state index < -0.39 is 29.5 Å². The molecule has 0 spiro atoms. The highest BCUT2D eigenvalue weighted by Gasteiger charge is 2.35. The van der Waals surface area contributed by atoms with Crippen LogP contribution in [0.2, 0.25) is 0 Å². The number of halogens is 4. The number of aldehydes is 1. The average Bonchev–Trinajstić information content (AvgIpc) is 2.84. The van der Waals surface area contributed by atoms with Crippen LogP contribution in [0.3, 0.4) is 0 Å². The number of rotatable bonds is 13. The van der Waals surface area contributed by atoms with Crippen molar-refractivity contribution in [1.82, 2.24) is 10.2 Å². The molecule has 38 heavy (non-hydrogen) atoms. The Morgan fingerprint density at radius 1 is 1.16 bits per heavy atom. The number of benzene rings is 2. The van der Waals surface area contributed by atoms with Gasteiger partial charge in [-0.05, 0) is 37.5 Å². The minimum Gasteiger partial charge on any atom is -0.381 e. The lowest BCUT2D eigenvalue weighted by molar-refractivity contribution is -0.140. The summed E-state index contributed by atoms with van der Waals surface area (Å²) in [5, 5.41) is 2.81. The fourth-order valence-electron chi connectivity index (χ4n) is 4.16. The van der Waals surface area contributed by atoms with Crippen molar-refractivity contribution in [3.63, 3.8) is 0 Å². The first-order valence-corrected chi connectivity index (χ1v) is 11.9. The monoisotopic (exact) mass is 533 g/mol. The first kappa shape index (κ1) is 30.3. The number of alkyl halides is 3. The number of primary amides is 1. The van der Waals surface area contributed by atoms with Gasteiger partial charge in [-0.2, -0.15) is 13.2 Å². The van der Waals surface area contributed by atoms with Gasteiger partial charge in [0.25, 0.3) is 0 Å². The van der Waals surface area contributed by atoms with Gasteiger partial charge in [-0.3, -0.25) is 14.4 Å². The van der Waals surface area contributed by atoms with Gasteiger partial charge in [0.05, 0.1) is 11.6 Å². The maximum Gasteiger partial charge on any atom is 0.419 e. The predicted octanol–water partition coefficient (Wildman–Crippen LogP) is 5.32. The molecule has 0 aliphatic rings. The largest absolute Gasteiger partial charge is 0.419 e. The van der Waals surface area contributed by atoms with Crippen LogP contribution in [0.1, 0.15) is 65.7 Å². The molecule has 204 valence electrons. The summed E-state index contributed by atoms with van der Waals surface area (Å²) >= 11 is 0. The number of Topliss-reactive ketones (excluding diaryl/α,β-unsaturated/α-hetero) is 1. The molecule has 0 bridgehead atoms. The lowest BCUT2D eigenvalue weighted by atomic mass is 9.96. The lowest BCUT2D eigenvalue weighted by Crippen LogP contribution is -2.37. The van der Waals surface area contributed by atoms with Crippen LogP contribution in [-0.2, 0) is 22.3 Å². The maximum atomic E-state index is 14.5. The summed E-state index contributed by atoms with van der Waals surface area (Å²) in [6.07, 6.45) is -1.59. The zero-order valence-electron chi connectivity index (χ0n) is 21.5. The second-order valence-corrected chi connectivity index (χ2v) is 8.73. The van der Waals surface area contributed by atoms with E-state index in [4.69, 9.17) is 5.73 Å². The van der Waals surface area contributed by atoms with Gasteiger partial charge in [-0.15, -0.1) is 0 Å². The molecule has 3 N–H and O–H groups in total. The first-order valence-electron chi connectivity index (χ1n) is 11.9. The van der Waals surface area contributed by atoms with E-state index in [2.05, 4.69) is 11.9 Å². The second-order valence-electron chi connectivity index (χ2n) is 8.73. The topological polar surface area (TPSA) is 92.5 Å². The Morgan fingerprint density at radius 3 is 2.34 bits per heavy atom. The van der Waals surface area contributed by atoms with E-state index in [9.17, 15) is 31.9 Å². The van der Waals surface area contributed by atoms with Crippen molar-refractivity contribution in [2.24, 2.45) is 5.73 Å². The summed E-state index contributed by atoms with van der Waals surface area (Å²) in [5.41, 5.74) is 5.31. The van der Waals surface area contributed by atoms with Gasteiger partial charge in [-0.25, -0.2) is 4.39 Å². The van der Waals surface area contributed by atoms with Crippen molar-refractivity contribution >= 4 is 29.4 Å². The fourth-order valence-corrected chi connectivity index (χ4v) is 4.16. The average molecular weight is 534 g/mol. The summed E-state index contributed by atoms with van der Waals surface area (Å²) in [6, 6.07) is 7.30. The first-order chi connectivity index (χ1) is 17.8. The van der Waals surface area contributed by atoms with Gasteiger partial charge in [0.15, 0.2) is 12.1 Å². The third-order valence-corrected chi connectivity index (χ3v) is 6.09. The number of amides is 1. The Hall–Kier alpha value is -3.95. The van der Waals surface area contributed by atoms with Crippen LogP contribution in [0, 0.1) is 5.82 Å². The SMILES string of the molecule is C=C(NCc1cccc(/C(=C/CC)N(C)C(CCC(N)=O)C(C)=O)c1C=O)c1cccc(C(F)(F)F)c1F. The van der Waals surface area contributed by atoms with E-state index in [1.54, 1.807) is 30.1 Å². The molecule has 2 aromatic rings. The molecule has 1 unspecified atom stereocenters. The highest BCUT2D eigenvalue weighted by Crippen LogP contribution is 2.34. The molecule has 0 radical (unpaired) electrons. The molecule has 2 rings (SSSR count). The molecule has 0 fully saturated rings. The van der Waals surface area contributed by atoms with Gasteiger partial charge < -0.3 is 16.0 Å². The molecule has 0 saturated heterocycles. The van der Waals surface area contributed by atoms with Crippen LogP contribution < -0.4 is 11.1 Å². The van der Waals surface area contributed by atoms with Gasteiger partial charge in [0.2, 0.25) is 5.91 Å². The van der Waals surface area contributed by atoms with E-state index in [1.165, 1.54) is 13.0 Å². The Balaban J connectivity index is 2.40. The summed E-state index contributed by atoms with van der Waals surface area (Å²) in [6.45, 7) is 6.94. The van der Waals surface area contributed by atoms with Crippen molar-refractivity contribution in [3.8, 4) is 0 Å². The number of carbonyl (C=O) groups is 3. The molecule has 0 aliphatic carbocycles. The van der Waals surface area contributed by atoms with Crippen LogP contribution in [0.15, 0.2) is 49.1 Å². The highest BCUT2D eigenvalue weighted by atomic mass is 19.4. The van der Waals surface area contributed by atoms with Crippen molar-refractivity contribution in [1.29, 1.82) is 0 Å². The summed E-state index contributed by atoms with van der Waals surface area (Å²) in [7, 11) is 1.69. The molecular weight excluding hydrogens is 502 g/mol. The van der Waals surface area contributed by atoms with Gasteiger partial charge in [0.1, 0.15) is 5.82 Å². The fraction of sp³-hybridized carbons (Fsp3) is 0.321. The van der Waals surface area contributed by atoms with E-state index in [-0.39, 0.29) is 42.0 Å². The van der Waals surface area contributed by atoms with E-state index in [1.807, 2.05) is 13.0 Å². The van der Waals surface area contributed by atoms with Crippen LogP contribution in [0.4, 0.5) is 17.6 Å². The molecule has 0 heterocycles. The smallest absolute Gasteiger partial charge is 0.381 e. The molecule has 1 atom stereocenters. The zero-order chi connectivity index (χ0) is 28.6. The molecule has 0 aliphatic heterocycles. The Labute approximate surface area is 219 Å². The number of nitrogens with one attached hydrogen (secondary N) is 1. The van der Waals surface area contributed by atoms with Crippen LogP contribution >= 0.6 is 0 Å². The number of carbonyl (C=O) groups excluding carboxylic acids is 3. The number of hydrogen-bond acceptors (Lipinski definition) is 5. The maximum absolute atomic E-state index is 14.5. The number of nitrogens with zero attached hydrogens (tertiary/aromatic N) is 1. The number of nitrogens with two attached hydrogens (primary N) is 1. The molecular formula is C28H31F4N3O3. The van der Waals surface area contributed by atoms with Gasteiger partial charge in [0, 0.05) is 48.1 Å². The Kier molecular flexibility index (Phi) is 10.4. The van der Waals surface area contributed by atoms with Crippen LogP contribution in [0.5, 0.6) is 0 Å². The summed E-state index contributed by atoms with van der Waals surface area (Å²) in [5.74, 6) is -2.16. The molecule has 0 aromatic heterocycles. The quantitative estimate of drug-likeness (QED) is 0.269. The standard InChI is InChI=1S/C28H31F4N3O3/c1-5-8-25(35(4)24(18(3)37)13-14-26(33)38)21-11-6-9-19(22(21)16-36)15-34-17(2)20-10-7-12-23(27(20)29)28(30,31)32/h6-12,16,24,34H,2,5,13-15H2,1,3-4H3,(H2,33,38)/b25-8-. The molecule has 10 heteroatoms. The lowest BCUT2D eigenvalue weighted by Gasteiger charge is -2.31. The predicted molar refractivity (Wildman–Crippen MR) is 138 cm³/mol. The van der Waals surface area contributed by atoms with Crippen molar-refractivity contribution in [2.45, 2.75) is 51.9 Å². The third-order valence-electron chi connectivity index (χ3n) is 6.09. The number of allylic oxidation sites excluding steroid dienone is 1. The zero-order valence-corrected chi connectivity index (χ0v) is 21.5. The number of ketones is 1. The molecule has 1 amide bonds. The number of hydrogen-bond donors (Lipinski definition) is 2. The van der Waals surface area contributed by atoms with Gasteiger partial charge in [-0.1, -0.05) is 43.8 Å². The summed E-state index contributed by atoms with van der Waals surface area (Å²) < 4.78 is 53.8. The van der Waals surface area contributed by atoms with E-state index >= 15 is 0 Å². The minimum atomic E-state index is -4.86. The van der Waals surface area contributed by atoms with Crippen molar-refractivity contribution in [3.05, 3.63) is 82.7 Å². The number of likely N-dealkylation sites (N-methyl/N-ethyl adjacent to an activating group) is 1. The van der Waals surface area contributed by atoms with E-state index in [0.717, 1.165) is 6.07 Å². The molecule has 2 aromatic carbocycles. The normalized spacial score (nSPS) is 12.6. The van der Waals surface area contributed by atoms with Crippen LogP contribution in [-0.4, -0.2) is 36.0 Å². The van der Waals surface area contributed by atoms with Crippen LogP contribution in [0.25, 0.3) is 11.4 Å². The highest BCUT2D eigenvalue weighted by molar-refractivity contribution is 5.89. The van der Waals surface area contributed by atoms with Crippen molar-refractivity contribution < 1.29 is 31.9 Å². The van der Waals surface area contributed by atoms with Gasteiger partial charge >= 0.3 is 6.18 Å². The Bertz CT molecular complexity index is 1240. The van der Waals surface area contributed by atoms with E-state index in [0.29, 0.717) is 35.6 Å². The second kappa shape index (κ2) is 13.0.